The number of aromatic nitrogens is 3. The van der Waals surface area contributed by atoms with E-state index in [1.165, 1.54) is 37.9 Å². The summed E-state index contributed by atoms with van der Waals surface area (Å²) in [6.07, 6.45) is 2.02. The standard InChI is InChI=1S/C31H28BN3O2/c1-30(2)31(3,4)37-32(36-30)25-10-6-9-23(17-25)27-19-35(34-33-27)18-24-14-13-22-12-11-20-7-5-8-21-15-16-26(24)29(22)28(20)21/h5-17,19H,18H2,1-4H3. The number of hydrogen-bond acceptors (Lipinski definition) is 4. The first kappa shape index (κ1) is 22.5. The van der Waals surface area contributed by atoms with E-state index >= 15 is 0 Å². The molecule has 5 nitrogen and oxygen atoms in total. The van der Waals surface area contributed by atoms with Crippen LogP contribution in [0, 0.1) is 0 Å². The van der Waals surface area contributed by atoms with Gasteiger partial charge in [-0.15, -0.1) is 5.10 Å². The highest BCUT2D eigenvalue weighted by Gasteiger charge is 2.51. The van der Waals surface area contributed by atoms with Crippen molar-refractivity contribution in [3.05, 3.63) is 90.6 Å². The summed E-state index contributed by atoms with van der Waals surface area (Å²) in [5, 5.41) is 16.7. The highest BCUT2D eigenvalue weighted by molar-refractivity contribution is 6.62. The van der Waals surface area contributed by atoms with Gasteiger partial charge in [0.15, 0.2) is 0 Å². The molecule has 1 aliphatic rings. The summed E-state index contributed by atoms with van der Waals surface area (Å²) < 4.78 is 14.4. The van der Waals surface area contributed by atoms with E-state index in [4.69, 9.17) is 9.31 Å². The first-order valence-electron chi connectivity index (χ1n) is 12.8. The van der Waals surface area contributed by atoms with Gasteiger partial charge in [0.05, 0.1) is 23.9 Å². The molecule has 1 aromatic heterocycles. The lowest BCUT2D eigenvalue weighted by molar-refractivity contribution is 0.00578. The van der Waals surface area contributed by atoms with Crippen LogP contribution in [0.5, 0.6) is 0 Å². The van der Waals surface area contributed by atoms with Gasteiger partial charge in [-0.2, -0.15) is 0 Å². The third-order valence-corrected chi connectivity index (χ3v) is 8.20. The second-order valence-corrected chi connectivity index (χ2v) is 11.1. The van der Waals surface area contributed by atoms with E-state index in [1.807, 2.05) is 23.0 Å². The molecule has 0 radical (unpaired) electrons. The summed E-state index contributed by atoms with van der Waals surface area (Å²) >= 11 is 0. The maximum atomic E-state index is 6.25. The molecule has 0 bridgehead atoms. The Labute approximate surface area is 216 Å². The molecule has 5 aromatic carbocycles. The predicted octanol–water partition coefficient (Wildman–Crippen LogP) is 6.19. The van der Waals surface area contributed by atoms with Crippen LogP contribution in [-0.2, 0) is 15.9 Å². The molecule has 0 atom stereocenters. The van der Waals surface area contributed by atoms with Crippen LogP contribution < -0.4 is 5.46 Å². The molecule has 0 amide bonds. The van der Waals surface area contributed by atoms with Crippen molar-refractivity contribution in [3.8, 4) is 11.3 Å². The van der Waals surface area contributed by atoms with E-state index in [2.05, 4.69) is 105 Å². The molecule has 1 aliphatic heterocycles. The smallest absolute Gasteiger partial charge is 0.399 e. The van der Waals surface area contributed by atoms with Crippen molar-refractivity contribution in [2.24, 2.45) is 0 Å². The zero-order valence-corrected chi connectivity index (χ0v) is 21.5. The first-order chi connectivity index (χ1) is 17.8. The quantitative estimate of drug-likeness (QED) is 0.221. The maximum absolute atomic E-state index is 6.25. The minimum atomic E-state index is -0.405. The lowest BCUT2D eigenvalue weighted by atomic mass is 9.78. The van der Waals surface area contributed by atoms with Gasteiger partial charge in [0.2, 0.25) is 0 Å². The molecule has 1 saturated heterocycles. The lowest BCUT2D eigenvalue weighted by Gasteiger charge is -2.32. The lowest BCUT2D eigenvalue weighted by Crippen LogP contribution is -2.41. The monoisotopic (exact) mass is 485 g/mol. The van der Waals surface area contributed by atoms with Crippen LogP contribution in [0.25, 0.3) is 43.6 Å². The van der Waals surface area contributed by atoms with Crippen LogP contribution in [0.3, 0.4) is 0 Å². The molecule has 0 saturated carbocycles. The number of nitrogens with zero attached hydrogens (tertiary/aromatic N) is 3. The van der Waals surface area contributed by atoms with Gasteiger partial charge < -0.3 is 9.31 Å². The Bertz CT molecular complexity index is 1760. The molecule has 7 rings (SSSR count). The first-order valence-corrected chi connectivity index (χ1v) is 12.8. The van der Waals surface area contributed by atoms with Crippen LogP contribution in [0.15, 0.2) is 85.1 Å². The molecule has 0 aliphatic carbocycles. The Kier molecular flexibility index (Phi) is 4.78. The number of hydrogen-bond donors (Lipinski definition) is 0. The molecule has 1 fully saturated rings. The molecule has 182 valence electrons. The van der Waals surface area contributed by atoms with Crippen molar-refractivity contribution >= 4 is 44.9 Å². The average Bonchev–Trinajstić information content (AvgIpc) is 3.44. The molecule has 37 heavy (non-hydrogen) atoms. The van der Waals surface area contributed by atoms with Gasteiger partial charge in [-0.1, -0.05) is 84.1 Å². The Morgan fingerprint density at radius 2 is 1.41 bits per heavy atom. The summed E-state index contributed by atoms with van der Waals surface area (Å²) in [6, 6.07) is 28.0. The maximum Gasteiger partial charge on any atom is 0.494 e. The summed E-state index contributed by atoms with van der Waals surface area (Å²) in [4.78, 5) is 0. The van der Waals surface area contributed by atoms with Crippen molar-refractivity contribution in [3.63, 3.8) is 0 Å². The molecule has 0 N–H and O–H groups in total. The number of rotatable bonds is 4. The Morgan fingerprint density at radius 3 is 2.16 bits per heavy atom. The SMILES string of the molecule is CC1(C)OB(c2cccc(-c3cn(Cc4ccc5ccc6cccc7ccc4c5c67)nn3)c2)OC1(C)C. The van der Waals surface area contributed by atoms with Crippen molar-refractivity contribution in [1.29, 1.82) is 0 Å². The van der Waals surface area contributed by atoms with Gasteiger partial charge in [0, 0.05) is 5.56 Å². The minimum absolute atomic E-state index is 0.377. The average molecular weight is 485 g/mol. The Hall–Kier alpha value is -3.74. The van der Waals surface area contributed by atoms with E-state index < -0.39 is 7.12 Å². The fraction of sp³-hybridized carbons (Fsp3) is 0.226. The fourth-order valence-electron chi connectivity index (χ4n) is 5.44. The van der Waals surface area contributed by atoms with E-state index in [9.17, 15) is 0 Å². The topological polar surface area (TPSA) is 49.2 Å². The number of benzene rings is 5. The summed E-state index contributed by atoms with van der Waals surface area (Å²) in [7, 11) is -0.405. The third kappa shape index (κ3) is 3.55. The summed E-state index contributed by atoms with van der Waals surface area (Å²) in [5.41, 5.74) is 3.28. The van der Waals surface area contributed by atoms with Crippen molar-refractivity contribution in [2.45, 2.75) is 45.4 Å². The van der Waals surface area contributed by atoms with Crippen LogP contribution >= 0.6 is 0 Å². The second-order valence-electron chi connectivity index (χ2n) is 11.1. The molecular weight excluding hydrogens is 457 g/mol. The molecule has 6 heteroatoms. The highest BCUT2D eigenvalue weighted by atomic mass is 16.7. The molecule has 2 heterocycles. The van der Waals surface area contributed by atoms with Gasteiger partial charge in [0.25, 0.3) is 0 Å². The second kappa shape index (κ2) is 7.88. The minimum Gasteiger partial charge on any atom is -0.399 e. The van der Waals surface area contributed by atoms with Crippen LogP contribution in [-0.4, -0.2) is 33.3 Å². The zero-order valence-electron chi connectivity index (χ0n) is 21.5. The Morgan fingerprint density at radius 1 is 0.757 bits per heavy atom. The predicted molar refractivity (Wildman–Crippen MR) is 150 cm³/mol. The van der Waals surface area contributed by atoms with Gasteiger partial charge in [-0.25, -0.2) is 4.68 Å². The van der Waals surface area contributed by atoms with Crippen LogP contribution in [0.2, 0.25) is 0 Å². The van der Waals surface area contributed by atoms with E-state index in [1.54, 1.807) is 0 Å². The molecular formula is C31H28BN3O2. The largest absolute Gasteiger partial charge is 0.494 e. The molecule has 0 spiro atoms. The molecule has 6 aromatic rings. The van der Waals surface area contributed by atoms with Gasteiger partial charge in [0.1, 0.15) is 5.69 Å². The van der Waals surface area contributed by atoms with Crippen molar-refractivity contribution in [2.75, 3.05) is 0 Å². The van der Waals surface area contributed by atoms with Crippen molar-refractivity contribution < 1.29 is 9.31 Å². The fourth-order valence-corrected chi connectivity index (χ4v) is 5.44. The zero-order chi connectivity index (χ0) is 25.4. The van der Waals surface area contributed by atoms with Gasteiger partial charge in [-0.05, 0) is 71.0 Å². The summed E-state index contributed by atoms with van der Waals surface area (Å²) in [6.45, 7) is 8.93. The summed E-state index contributed by atoms with van der Waals surface area (Å²) in [5.74, 6) is 0. The van der Waals surface area contributed by atoms with E-state index in [0.717, 1.165) is 16.7 Å². The highest BCUT2D eigenvalue weighted by Crippen LogP contribution is 2.37. The normalized spacial score (nSPS) is 16.9. The van der Waals surface area contributed by atoms with Crippen molar-refractivity contribution in [1.82, 2.24) is 15.0 Å². The molecule has 0 unspecified atom stereocenters. The Balaban J connectivity index is 1.21. The van der Waals surface area contributed by atoms with Crippen LogP contribution in [0.4, 0.5) is 0 Å². The van der Waals surface area contributed by atoms with Crippen LogP contribution in [0.1, 0.15) is 33.3 Å². The van der Waals surface area contributed by atoms with E-state index in [0.29, 0.717) is 6.54 Å². The van der Waals surface area contributed by atoms with E-state index in [-0.39, 0.29) is 11.2 Å². The van der Waals surface area contributed by atoms with Gasteiger partial charge in [-0.3, -0.25) is 0 Å². The third-order valence-electron chi connectivity index (χ3n) is 8.20. The van der Waals surface area contributed by atoms with Gasteiger partial charge >= 0.3 is 7.12 Å².